The molecule has 1 saturated carbocycles. The van der Waals surface area contributed by atoms with Crippen molar-refractivity contribution in [2.24, 2.45) is 11.8 Å². The van der Waals surface area contributed by atoms with Gasteiger partial charge in [0.2, 0.25) is 5.88 Å². The third kappa shape index (κ3) is 2.01. The molecule has 3 atom stereocenters. The first-order valence-corrected chi connectivity index (χ1v) is 7.21. The number of likely N-dealkylation sites (tertiary alicyclic amines) is 1. The van der Waals surface area contributed by atoms with Gasteiger partial charge in [-0.3, -0.25) is 0 Å². The molecular weight excluding hydrogens is 284 g/mol. The van der Waals surface area contributed by atoms with Crippen molar-refractivity contribution < 1.29 is 14.6 Å². The fraction of sp³-hybridized carbons (Fsp3) is 0.400. The van der Waals surface area contributed by atoms with Gasteiger partial charge in [-0.05, 0) is 24.0 Å². The Morgan fingerprint density at radius 2 is 2.09 bits per heavy atom. The number of carboxylic acid groups (broad SMARTS) is 1. The Labute approximate surface area is 127 Å². The third-order valence-electron chi connectivity index (χ3n) is 4.61. The average molecular weight is 300 g/mol. The van der Waals surface area contributed by atoms with Crippen molar-refractivity contribution in [1.82, 2.24) is 19.7 Å². The highest BCUT2D eigenvalue weighted by molar-refractivity contribution is 5.66. The van der Waals surface area contributed by atoms with E-state index < -0.39 is 6.09 Å². The van der Waals surface area contributed by atoms with Crippen LogP contribution in [0.4, 0.5) is 4.79 Å². The number of pyridine rings is 1. The molecule has 2 aromatic rings. The van der Waals surface area contributed by atoms with E-state index in [1.165, 1.54) is 4.90 Å². The number of ether oxygens (including phenoxy) is 1. The molecule has 1 amide bonds. The monoisotopic (exact) mass is 300 g/mol. The molecule has 2 fully saturated rings. The van der Waals surface area contributed by atoms with E-state index in [1.54, 1.807) is 24.1 Å². The molecule has 0 radical (unpaired) electrons. The second-order valence-electron chi connectivity index (χ2n) is 5.78. The Hall–Kier alpha value is -2.57. The largest absolute Gasteiger partial charge is 0.481 e. The van der Waals surface area contributed by atoms with Crippen LogP contribution in [0, 0.1) is 11.8 Å². The first kappa shape index (κ1) is 13.1. The Bertz CT molecular complexity index is 700. The lowest BCUT2D eigenvalue weighted by Gasteiger charge is -2.14. The highest BCUT2D eigenvalue weighted by Crippen LogP contribution is 2.57. The molecule has 0 aromatic carbocycles. The Morgan fingerprint density at radius 1 is 1.32 bits per heavy atom. The standard InChI is InChI=1S/C15H16N4O3/c1-22-13-3-2-9(6-16-13)19-5-4-12(17-19)14-10-7-18(15(20)21)8-11(10)14/h2-6,10-11,14H,7-8H2,1H3,(H,20,21)/t10-,11+,14+. The highest BCUT2D eigenvalue weighted by Gasteiger charge is 2.58. The molecule has 4 rings (SSSR count). The van der Waals surface area contributed by atoms with E-state index in [4.69, 9.17) is 9.84 Å². The van der Waals surface area contributed by atoms with Crippen LogP contribution >= 0.6 is 0 Å². The van der Waals surface area contributed by atoms with Crippen LogP contribution in [0.2, 0.25) is 0 Å². The number of nitrogens with zero attached hydrogens (tertiary/aromatic N) is 4. The molecule has 3 heterocycles. The van der Waals surface area contributed by atoms with E-state index in [-0.39, 0.29) is 0 Å². The number of hydrogen-bond donors (Lipinski definition) is 1. The highest BCUT2D eigenvalue weighted by atomic mass is 16.5. The Morgan fingerprint density at radius 3 is 2.68 bits per heavy atom. The lowest BCUT2D eigenvalue weighted by atomic mass is 10.2. The van der Waals surface area contributed by atoms with Gasteiger partial charge in [0.1, 0.15) is 0 Å². The van der Waals surface area contributed by atoms with Crippen LogP contribution < -0.4 is 4.74 Å². The van der Waals surface area contributed by atoms with Gasteiger partial charge in [-0.15, -0.1) is 0 Å². The van der Waals surface area contributed by atoms with E-state index in [1.807, 2.05) is 18.3 Å². The second-order valence-corrected chi connectivity index (χ2v) is 5.78. The van der Waals surface area contributed by atoms with Crippen molar-refractivity contribution in [3.63, 3.8) is 0 Å². The van der Waals surface area contributed by atoms with Gasteiger partial charge in [0, 0.05) is 31.3 Å². The Kier molecular flexibility index (Phi) is 2.82. The maximum Gasteiger partial charge on any atom is 0.407 e. The normalized spacial score (nSPS) is 25.9. The third-order valence-corrected chi connectivity index (χ3v) is 4.61. The Balaban J connectivity index is 1.48. The summed E-state index contributed by atoms with van der Waals surface area (Å²) >= 11 is 0. The first-order chi connectivity index (χ1) is 10.7. The molecule has 0 bridgehead atoms. The molecule has 1 aliphatic heterocycles. The van der Waals surface area contributed by atoms with Gasteiger partial charge in [0.25, 0.3) is 0 Å². The molecule has 2 aromatic heterocycles. The molecule has 1 N–H and O–H groups in total. The van der Waals surface area contributed by atoms with Gasteiger partial charge in [0.15, 0.2) is 0 Å². The van der Waals surface area contributed by atoms with Crippen molar-refractivity contribution in [3.8, 4) is 11.6 Å². The molecule has 22 heavy (non-hydrogen) atoms. The molecule has 2 aliphatic rings. The zero-order chi connectivity index (χ0) is 15.3. The van der Waals surface area contributed by atoms with Crippen molar-refractivity contribution in [3.05, 3.63) is 36.3 Å². The minimum atomic E-state index is -0.819. The minimum absolute atomic E-state index is 0.392. The van der Waals surface area contributed by atoms with Crippen LogP contribution in [-0.2, 0) is 0 Å². The molecule has 1 saturated heterocycles. The summed E-state index contributed by atoms with van der Waals surface area (Å²) in [6.07, 6.45) is 2.82. The summed E-state index contributed by atoms with van der Waals surface area (Å²) in [7, 11) is 1.58. The summed E-state index contributed by atoms with van der Waals surface area (Å²) < 4.78 is 6.84. The topological polar surface area (TPSA) is 80.5 Å². The van der Waals surface area contributed by atoms with Crippen LogP contribution in [0.1, 0.15) is 11.6 Å². The molecule has 7 nitrogen and oxygen atoms in total. The second kappa shape index (κ2) is 4.72. The van der Waals surface area contributed by atoms with Crippen molar-refractivity contribution >= 4 is 6.09 Å². The number of fused-ring (bicyclic) bond motifs is 1. The van der Waals surface area contributed by atoms with Crippen LogP contribution in [0.25, 0.3) is 5.69 Å². The quantitative estimate of drug-likeness (QED) is 0.931. The first-order valence-electron chi connectivity index (χ1n) is 7.21. The summed E-state index contributed by atoms with van der Waals surface area (Å²) in [5.41, 5.74) is 1.92. The fourth-order valence-corrected chi connectivity index (χ4v) is 3.41. The maximum atomic E-state index is 10.9. The molecule has 0 spiro atoms. The minimum Gasteiger partial charge on any atom is -0.481 e. The summed E-state index contributed by atoms with van der Waals surface area (Å²) in [6.45, 7) is 1.25. The average Bonchev–Trinajstić information content (AvgIpc) is 2.95. The van der Waals surface area contributed by atoms with E-state index in [9.17, 15) is 4.79 Å². The SMILES string of the molecule is COc1ccc(-n2ccc([C@H]3[C@@H]4CN(C(=O)O)C[C@@H]43)n2)cn1. The number of amides is 1. The van der Waals surface area contributed by atoms with E-state index in [0.717, 1.165) is 11.4 Å². The van der Waals surface area contributed by atoms with E-state index in [2.05, 4.69) is 10.1 Å². The van der Waals surface area contributed by atoms with Crippen LogP contribution in [0.15, 0.2) is 30.6 Å². The number of rotatable bonds is 3. The molecular formula is C15H16N4O3. The number of methoxy groups -OCH3 is 1. The van der Waals surface area contributed by atoms with Crippen molar-refractivity contribution in [2.75, 3.05) is 20.2 Å². The number of hydrogen-bond acceptors (Lipinski definition) is 4. The number of aromatic nitrogens is 3. The van der Waals surface area contributed by atoms with Crippen molar-refractivity contribution in [1.29, 1.82) is 0 Å². The van der Waals surface area contributed by atoms with E-state index in [0.29, 0.717) is 36.7 Å². The summed E-state index contributed by atoms with van der Waals surface area (Å²) in [6, 6.07) is 5.72. The van der Waals surface area contributed by atoms with Gasteiger partial charge in [-0.25, -0.2) is 14.5 Å². The maximum absolute atomic E-state index is 10.9. The van der Waals surface area contributed by atoms with Crippen LogP contribution in [0.3, 0.4) is 0 Å². The molecule has 7 heteroatoms. The predicted octanol–water partition coefficient (Wildman–Crippen LogP) is 1.60. The molecule has 0 unspecified atom stereocenters. The zero-order valence-corrected chi connectivity index (χ0v) is 12.1. The predicted molar refractivity (Wildman–Crippen MR) is 77.2 cm³/mol. The van der Waals surface area contributed by atoms with Gasteiger partial charge >= 0.3 is 6.09 Å². The smallest absolute Gasteiger partial charge is 0.407 e. The van der Waals surface area contributed by atoms with Gasteiger partial charge in [-0.1, -0.05) is 0 Å². The molecule has 1 aliphatic carbocycles. The summed E-state index contributed by atoms with van der Waals surface area (Å²) in [4.78, 5) is 16.6. The van der Waals surface area contributed by atoms with Crippen LogP contribution in [-0.4, -0.2) is 51.1 Å². The van der Waals surface area contributed by atoms with Crippen LogP contribution in [0.5, 0.6) is 5.88 Å². The fourth-order valence-electron chi connectivity index (χ4n) is 3.41. The zero-order valence-electron chi connectivity index (χ0n) is 12.1. The number of piperidine rings is 1. The van der Waals surface area contributed by atoms with Crippen molar-refractivity contribution in [2.45, 2.75) is 5.92 Å². The van der Waals surface area contributed by atoms with Gasteiger partial charge in [-0.2, -0.15) is 5.10 Å². The molecule has 114 valence electrons. The van der Waals surface area contributed by atoms with Gasteiger partial charge in [0.05, 0.1) is 24.7 Å². The summed E-state index contributed by atoms with van der Waals surface area (Å²) in [5.74, 6) is 1.81. The summed E-state index contributed by atoms with van der Waals surface area (Å²) in [5, 5.41) is 13.6. The van der Waals surface area contributed by atoms with Gasteiger partial charge < -0.3 is 14.7 Å². The lowest BCUT2D eigenvalue weighted by molar-refractivity contribution is 0.150. The number of carbonyl (C=O) groups is 1. The lowest BCUT2D eigenvalue weighted by Crippen LogP contribution is -2.29. The van der Waals surface area contributed by atoms with E-state index >= 15 is 0 Å².